The number of halogens is 1. The minimum absolute atomic E-state index is 0.00909. The third-order valence-corrected chi connectivity index (χ3v) is 2.76. The zero-order valence-corrected chi connectivity index (χ0v) is 9.30. The number of hydrogen-bond donors (Lipinski definition) is 2. The zero-order valence-electron chi connectivity index (χ0n) is 7.14. The van der Waals surface area contributed by atoms with Crippen LogP contribution >= 0.6 is 22.6 Å². The lowest BCUT2D eigenvalue weighted by Gasteiger charge is -2.00. The smallest absolute Gasteiger partial charge is 0.267 e. The summed E-state index contributed by atoms with van der Waals surface area (Å²) >= 11 is 2.18. The number of H-pyrrole nitrogens is 1. The van der Waals surface area contributed by atoms with Gasteiger partial charge in [0.15, 0.2) is 0 Å². The summed E-state index contributed by atoms with van der Waals surface area (Å²) in [5, 5.41) is 2.90. The molecule has 0 unspecified atom stereocenters. The normalized spacial score (nSPS) is 15.8. The molecule has 0 bridgehead atoms. The van der Waals surface area contributed by atoms with Crippen LogP contribution in [0, 0.1) is 9.49 Å². The van der Waals surface area contributed by atoms with E-state index in [2.05, 4.69) is 32.9 Å². The molecule has 2 N–H and O–H groups in total. The number of amides is 1. The lowest BCUT2D eigenvalue weighted by molar-refractivity contribution is 0.0947. The van der Waals surface area contributed by atoms with E-state index in [1.54, 1.807) is 0 Å². The van der Waals surface area contributed by atoms with Crippen LogP contribution in [0.2, 0.25) is 0 Å². The van der Waals surface area contributed by atoms with E-state index < -0.39 is 0 Å². The van der Waals surface area contributed by atoms with Crippen LogP contribution in [0.1, 0.15) is 23.3 Å². The summed E-state index contributed by atoms with van der Waals surface area (Å²) in [5.41, 5.74) is 0.657. The average Bonchev–Trinajstić information content (AvgIpc) is 2.84. The summed E-state index contributed by atoms with van der Waals surface area (Å²) in [6, 6.07) is 1.85. The molecule has 0 atom stereocenters. The Labute approximate surface area is 90.4 Å². The molecule has 0 radical (unpaired) electrons. The number of aromatic amines is 1. The Morgan fingerprint density at radius 3 is 3.00 bits per heavy atom. The van der Waals surface area contributed by atoms with Crippen LogP contribution in [0.4, 0.5) is 0 Å². The molecule has 2 rings (SSSR count). The maximum Gasteiger partial charge on any atom is 0.267 e. The summed E-state index contributed by atoms with van der Waals surface area (Å²) in [7, 11) is 0. The molecule has 70 valence electrons. The molecule has 3 nitrogen and oxygen atoms in total. The maximum atomic E-state index is 11.4. The van der Waals surface area contributed by atoms with Crippen LogP contribution < -0.4 is 5.32 Å². The Morgan fingerprint density at radius 1 is 1.69 bits per heavy atom. The average molecular weight is 290 g/mol. The fourth-order valence-corrected chi connectivity index (χ4v) is 1.62. The number of carbonyl (C=O) groups excluding carboxylic acids is 1. The first kappa shape index (κ1) is 9.05. The number of hydrogen-bond acceptors (Lipinski definition) is 1. The Hall–Kier alpha value is -0.520. The summed E-state index contributed by atoms with van der Waals surface area (Å²) in [6.07, 6.45) is 4.36. The molecule has 1 fully saturated rings. The van der Waals surface area contributed by atoms with Gasteiger partial charge in [0.25, 0.3) is 5.91 Å². The number of nitrogens with one attached hydrogen (secondary N) is 2. The standard InChI is InChI=1S/C9H11IN2O/c10-7-3-8(11-5-7)9(13)12-4-6-1-2-6/h3,5-6,11H,1-2,4H2,(H,12,13). The molecule has 1 aromatic rings. The molecule has 0 spiro atoms. The van der Waals surface area contributed by atoms with Crippen molar-refractivity contribution in [2.45, 2.75) is 12.8 Å². The minimum atomic E-state index is 0.00909. The van der Waals surface area contributed by atoms with E-state index in [9.17, 15) is 4.79 Å². The zero-order chi connectivity index (χ0) is 9.26. The van der Waals surface area contributed by atoms with Gasteiger partial charge in [0, 0.05) is 16.3 Å². The van der Waals surface area contributed by atoms with E-state index in [-0.39, 0.29) is 5.91 Å². The highest BCUT2D eigenvalue weighted by Crippen LogP contribution is 2.27. The molecule has 1 aromatic heterocycles. The van der Waals surface area contributed by atoms with Gasteiger partial charge >= 0.3 is 0 Å². The topological polar surface area (TPSA) is 44.9 Å². The summed E-state index contributed by atoms with van der Waals surface area (Å²) in [6.45, 7) is 0.828. The van der Waals surface area contributed by atoms with Crippen LogP contribution in [-0.2, 0) is 0 Å². The second-order valence-corrected chi connectivity index (χ2v) is 4.63. The first-order valence-corrected chi connectivity index (χ1v) is 5.45. The van der Waals surface area contributed by atoms with E-state index in [4.69, 9.17) is 0 Å². The van der Waals surface area contributed by atoms with E-state index in [1.807, 2.05) is 12.3 Å². The van der Waals surface area contributed by atoms with Gasteiger partial charge in [-0.1, -0.05) is 0 Å². The first-order valence-electron chi connectivity index (χ1n) is 4.38. The van der Waals surface area contributed by atoms with Crippen molar-refractivity contribution in [1.82, 2.24) is 10.3 Å². The number of aromatic nitrogens is 1. The van der Waals surface area contributed by atoms with Crippen molar-refractivity contribution in [3.63, 3.8) is 0 Å². The molecule has 1 amide bonds. The van der Waals surface area contributed by atoms with Gasteiger partial charge in [0.2, 0.25) is 0 Å². The quantitative estimate of drug-likeness (QED) is 0.819. The lowest BCUT2D eigenvalue weighted by Crippen LogP contribution is -2.25. The molecular formula is C9H11IN2O. The van der Waals surface area contributed by atoms with E-state index >= 15 is 0 Å². The molecule has 1 aliphatic rings. The van der Waals surface area contributed by atoms with Crippen LogP contribution in [-0.4, -0.2) is 17.4 Å². The summed E-state index contributed by atoms with van der Waals surface area (Å²) in [4.78, 5) is 14.4. The van der Waals surface area contributed by atoms with Crippen molar-refractivity contribution in [3.8, 4) is 0 Å². The van der Waals surface area contributed by atoms with Crippen LogP contribution in [0.25, 0.3) is 0 Å². The van der Waals surface area contributed by atoms with Gasteiger partial charge in [-0.2, -0.15) is 0 Å². The fraction of sp³-hybridized carbons (Fsp3) is 0.444. The highest BCUT2D eigenvalue weighted by molar-refractivity contribution is 14.1. The molecule has 4 heteroatoms. The van der Waals surface area contributed by atoms with E-state index in [0.717, 1.165) is 16.0 Å². The lowest BCUT2D eigenvalue weighted by atomic mass is 10.3. The summed E-state index contributed by atoms with van der Waals surface area (Å²) < 4.78 is 1.06. The second-order valence-electron chi connectivity index (χ2n) is 3.38. The van der Waals surface area contributed by atoms with Crippen LogP contribution in [0.5, 0.6) is 0 Å². The molecule has 1 heterocycles. The number of rotatable bonds is 3. The molecule has 0 aliphatic heterocycles. The molecule has 1 aliphatic carbocycles. The van der Waals surface area contributed by atoms with Gasteiger partial charge in [-0.25, -0.2) is 0 Å². The monoisotopic (exact) mass is 290 g/mol. The first-order chi connectivity index (χ1) is 6.25. The van der Waals surface area contributed by atoms with Crippen molar-refractivity contribution in [2.24, 2.45) is 5.92 Å². The van der Waals surface area contributed by atoms with Crippen molar-refractivity contribution in [1.29, 1.82) is 0 Å². The molecule has 13 heavy (non-hydrogen) atoms. The SMILES string of the molecule is O=C(NCC1CC1)c1cc(I)c[nH]1. The minimum Gasteiger partial charge on any atom is -0.356 e. The third-order valence-electron chi connectivity index (χ3n) is 2.14. The Morgan fingerprint density at radius 2 is 2.46 bits per heavy atom. The molecule has 0 saturated heterocycles. The van der Waals surface area contributed by atoms with Gasteiger partial charge in [-0.15, -0.1) is 0 Å². The Balaban J connectivity index is 1.88. The van der Waals surface area contributed by atoms with Gasteiger partial charge in [0.1, 0.15) is 5.69 Å². The fourth-order valence-electron chi connectivity index (χ4n) is 1.15. The van der Waals surface area contributed by atoms with Gasteiger partial charge in [-0.05, 0) is 47.4 Å². The Kier molecular flexibility index (Phi) is 2.57. The predicted molar refractivity (Wildman–Crippen MR) is 58.6 cm³/mol. The van der Waals surface area contributed by atoms with Crippen molar-refractivity contribution in [2.75, 3.05) is 6.54 Å². The second kappa shape index (κ2) is 3.69. The van der Waals surface area contributed by atoms with Gasteiger partial charge < -0.3 is 10.3 Å². The van der Waals surface area contributed by atoms with Gasteiger partial charge in [-0.3, -0.25) is 4.79 Å². The van der Waals surface area contributed by atoms with Crippen molar-refractivity contribution < 1.29 is 4.79 Å². The Bertz CT molecular complexity index is 317. The van der Waals surface area contributed by atoms with Crippen molar-refractivity contribution in [3.05, 3.63) is 21.5 Å². The van der Waals surface area contributed by atoms with Crippen LogP contribution in [0.15, 0.2) is 12.3 Å². The molecule has 0 aromatic carbocycles. The van der Waals surface area contributed by atoms with E-state index in [1.165, 1.54) is 12.8 Å². The predicted octanol–water partition coefficient (Wildman–Crippen LogP) is 1.76. The van der Waals surface area contributed by atoms with Gasteiger partial charge in [0.05, 0.1) is 0 Å². The maximum absolute atomic E-state index is 11.4. The highest BCUT2D eigenvalue weighted by atomic mass is 127. The largest absolute Gasteiger partial charge is 0.356 e. The van der Waals surface area contributed by atoms with E-state index in [0.29, 0.717) is 5.69 Å². The highest BCUT2D eigenvalue weighted by Gasteiger charge is 2.21. The molecular weight excluding hydrogens is 279 g/mol. The van der Waals surface area contributed by atoms with Crippen LogP contribution in [0.3, 0.4) is 0 Å². The number of carbonyl (C=O) groups is 1. The third kappa shape index (κ3) is 2.46. The molecule has 1 saturated carbocycles. The summed E-state index contributed by atoms with van der Waals surface area (Å²) in [5.74, 6) is 0.743. The van der Waals surface area contributed by atoms with Crippen molar-refractivity contribution >= 4 is 28.5 Å².